The average Bonchev–Trinajstić information content (AvgIpc) is 2.58. The summed E-state index contributed by atoms with van der Waals surface area (Å²) in [6, 6.07) is 0. The summed E-state index contributed by atoms with van der Waals surface area (Å²) in [7, 11) is 2.06. The highest BCUT2D eigenvalue weighted by Crippen LogP contribution is 2.66. The quantitative estimate of drug-likeness (QED) is 0.745. The topological polar surface area (TPSA) is 43.2 Å². The highest BCUT2D eigenvalue weighted by Gasteiger charge is 2.60. The van der Waals surface area contributed by atoms with Crippen molar-refractivity contribution < 1.29 is 4.79 Å². The van der Waals surface area contributed by atoms with Crippen LogP contribution in [0, 0.1) is 47.3 Å². The van der Waals surface area contributed by atoms with Crippen molar-refractivity contribution in [2.45, 2.75) is 77.3 Å². The Balaban J connectivity index is 1.74. The monoisotopic (exact) mass is 345 g/mol. The molecule has 25 heavy (non-hydrogen) atoms. The molecule has 0 radical (unpaired) electrons. The van der Waals surface area contributed by atoms with E-state index in [2.05, 4.69) is 40.1 Å². The minimum absolute atomic E-state index is 0.0122. The Morgan fingerprint density at radius 1 is 1.04 bits per heavy atom. The van der Waals surface area contributed by atoms with Crippen LogP contribution in [0.25, 0.3) is 5.32 Å². The third-order valence-electron chi connectivity index (χ3n) is 9.70. The molecule has 4 fully saturated rings. The number of carbonyl (C=O) groups is 1. The molecule has 0 saturated heterocycles. The van der Waals surface area contributed by atoms with Gasteiger partial charge in [0, 0.05) is 5.54 Å². The molecule has 1 amide bonds. The maximum atomic E-state index is 11.3. The first-order valence-electron chi connectivity index (χ1n) is 10.7. The van der Waals surface area contributed by atoms with Crippen molar-refractivity contribution in [1.82, 2.24) is 5.32 Å². The third-order valence-corrected chi connectivity index (χ3v) is 9.70. The molecule has 3 nitrogen and oxygen atoms in total. The summed E-state index contributed by atoms with van der Waals surface area (Å²) in [6.07, 6.45) is 8.78. The summed E-state index contributed by atoms with van der Waals surface area (Å²) < 4.78 is 0. The lowest BCUT2D eigenvalue weighted by Gasteiger charge is -2.70. The van der Waals surface area contributed by atoms with E-state index in [1.165, 1.54) is 32.1 Å². The van der Waals surface area contributed by atoms with E-state index < -0.39 is 0 Å². The number of nitrogens with zero attached hydrogens (tertiary/aromatic N) is 1. The van der Waals surface area contributed by atoms with Gasteiger partial charge in [0.2, 0.25) is 6.41 Å². The third kappa shape index (κ3) is 2.37. The second-order valence-electron chi connectivity index (χ2n) is 10.4. The van der Waals surface area contributed by atoms with Gasteiger partial charge in [-0.2, -0.15) is 7.05 Å². The summed E-state index contributed by atoms with van der Waals surface area (Å²) >= 11 is 0. The molecule has 4 aliphatic carbocycles. The molecule has 3 heteroatoms. The van der Waals surface area contributed by atoms with Crippen LogP contribution in [0.1, 0.15) is 66.2 Å². The second kappa shape index (κ2) is 5.97. The minimum Gasteiger partial charge on any atom is -0.659 e. The second-order valence-corrected chi connectivity index (χ2v) is 10.4. The number of hydrogen-bond acceptors (Lipinski definition) is 1. The van der Waals surface area contributed by atoms with Crippen molar-refractivity contribution in [3.63, 3.8) is 0 Å². The molecule has 4 aliphatic rings. The van der Waals surface area contributed by atoms with Crippen LogP contribution in [0.3, 0.4) is 0 Å². The molecule has 10 atom stereocenters. The number of nitrogens with one attached hydrogen (secondary N) is 1. The molecule has 4 saturated carbocycles. The first-order chi connectivity index (χ1) is 11.9. The fourth-order valence-electron chi connectivity index (χ4n) is 8.26. The predicted molar refractivity (Wildman–Crippen MR) is 102 cm³/mol. The van der Waals surface area contributed by atoms with Crippen molar-refractivity contribution in [3.8, 4) is 0 Å². The number of hydrogen-bond donors (Lipinski definition) is 1. The van der Waals surface area contributed by atoms with E-state index in [0.29, 0.717) is 11.8 Å². The maximum absolute atomic E-state index is 11.3. The Morgan fingerprint density at radius 3 is 2.44 bits per heavy atom. The zero-order valence-corrected chi connectivity index (χ0v) is 16.8. The fourth-order valence-corrected chi connectivity index (χ4v) is 8.26. The molecule has 0 bridgehead atoms. The van der Waals surface area contributed by atoms with Gasteiger partial charge in [0.1, 0.15) is 0 Å². The van der Waals surface area contributed by atoms with Crippen LogP contribution in [-0.4, -0.2) is 24.5 Å². The molecule has 0 aromatic carbocycles. The summed E-state index contributed by atoms with van der Waals surface area (Å²) in [4.78, 5) is 11.3. The lowest BCUT2D eigenvalue weighted by Crippen LogP contribution is -2.66. The standard InChI is InChI=1S/C22H37N2O/c1-13-10-15-11-14(2)22(4,23-5)18-7-6-17-20(19(15)18)16(13)8-9-21(17,3)24-12-25/h12-20H,6-11H2,1-5H3,(H,24,25)/q-1. The normalized spacial score (nSPS) is 57.5. The highest BCUT2D eigenvalue weighted by atomic mass is 16.1. The van der Waals surface area contributed by atoms with Crippen molar-refractivity contribution in [2.75, 3.05) is 7.05 Å². The van der Waals surface area contributed by atoms with E-state index in [1.807, 2.05) is 0 Å². The zero-order chi connectivity index (χ0) is 18.0. The summed E-state index contributed by atoms with van der Waals surface area (Å²) in [6.45, 7) is 9.73. The SMILES string of the molecule is C[N-]C1(C)C(C)CC2CC(C)C3CCC(C)(NC=O)C4CCC1C2C34. The van der Waals surface area contributed by atoms with E-state index in [-0.39, 0.29) is 11.1 Å². The molecule has 4 rings (SSSR count). The Kier molecular flexibility index (Phi) is 4.26. The van der Waals surface area contributed by atoms with Crippen LogP contribution >= 0.6 is 0 Å². The molecule has 142 valence electrons. The van der Waals surface area contributed by atoms with Gasteiger partial charge in [0.05, 0.1) is 0 Å². The highest BCUT2D eigenvalue weighted by molar-refractivity contribution is 5.48. The fraction of sp³-hybridized carbons (Fsp3) is 0.955. The van der Waals surface area contributed by atoms with E-state index in [0.717, 1.165) is 48.3 Å². The Bertz CT molecular complexity index is 536. The molecule has 1 N–H and O–H groups in total. The van der Waals surface area contributed by atoms with Gasteiger partial charge < -0.3 is 10.6 Å². The Morgan fingerprint density at radius 2 is 1.76 bits per heavy atom. The van der Waals surface area contributed by atoms with Crippen LogP contribution in [-0.2, 0) is 4.79 Å². The van der Waals surface area contributed by atoms with E-state index in [1.54, 1.807) is 0 Å². The summed E-state index contributed by atoms with van der Waals surface area (Å²) in [5, 5.41) is 8.26. The lowest BCUT2D eigenvalue weighted by molar-refractivity contribution is -0.151. The molecular weight excluding hydrogens is 308 g/mol. The number of amides is 1. The molecule has 0 aromatic rings. The van der Waals surface area contributed by atoms with Crippen LogP contribution in [0.4, 0.5) is 0 Å². The molecule has 10 unspecified atom stereocenters. The van der Waals surface area contributed by atoms with E-state index >= 15 is 0 Å². The number of rotatable bonds is 3. The van der Waals surface area contributed by atoms with Gasteiger partial charge in [-0.25, -0.2) is 0 Å². The van der Waals surface area contributed by atoms with Crippen molar-refractivity contribution in [1.29, 1.82) is 0 Å². The summed E-state index contributed by atoms with van der Waals surface area (Å²) in [5.41, 5.74) is 0.168. The van der Waals surface area contributed by atoms with E-state index in [9.17, 15) is 4.79 Å². The summed E-state index contributed by atoms with van der Waals surface area (Å²) in [5.74, 6) is 6.34. The van der Waals surface area contributed by atoms with Gasteiger partial charge in [0.15, 0.2) is 0 Å². The van der Waals surface area contributed by atoms with Gasteiger partial charge in [0.25, 0.3) is 0 Å². The van der Waals surface area contributed by atoms with Crippen LogP contribution in [0.2, 0.25) is 0 Å². The van der Waals surface area contributed by atoms with Crippen molar-refractivity contribution >= 4 is 6.41 Å². The minimum atomic E-state index is 0.0122. The van der Waals surface area contributed by atoms with Gasteiger partial charge >= 0.3 is 0 Å². The molecule has 0 aliphatic heterocycles. The first-order valence-corrected chi connectivity index (χ1v) is 10.7. The Hall–Kier alpha value is -0.570. The van der Waals surface area contributed by atoms with Crippen molar-refractivity contribution in [3.05, 3.63) is 5.32 Å². The molecular formula is C22H37N2O-. The van der Waals surface area contributed by atoms with Crippen LogP contribution in [0.5, 0.6) is 0 Å². The smallest absolute Gasteiger partial charge is 0.207 e. The maximum Gasteiger partial charge on any atom is 0.207 e. The molecule has 0 heterocycles. The van der Waals surface area contributed by atoms with Crippen LogP contribution < -0.4 is 5.32 Å². The average molecular weight is 346 g/mol. The zero-order valence-electron chi connectivity index (χ0n) is 16.8. The number of carbonyl (C=O) groups excluding carboxylic acids is 1. The largest absolute Gasteiger partial charge is 0.659 e. The predicted octanol–water partition coefficient (Wildman–Crippen LogP) is 4.62. The molecule has 0 aromatic heterocycles. The van der Waals surface area contributed by atoms with Crippen LogP contribution in [0.15, 0.2) is 0 Å². The van der Waals surface area contributed by atoms with Crippen molar-refractivity contribution in [2.24, 2.45) is 47.3 Å². The van der Waals surface area contributed by atoms with Gasteiger partial charge in [-0.15, -0.1) is 5.54 Å². The van der Waals surface area contributed by atoms with Gasteiger partial charge in [-0.05, 0) is 74.5 Å². The first kappa shape index (κ1) is 17.8. The Labute approximate surface area is 154 Å². The molecule has 0 spiro atoms. The van der Waals surface area contributed by atoms with E-state index in [4.69, 9.17) is 5.32 Å². The lowest BCUT2D eigenvalue weighted by atomic mass is 9.40. The van der Waals surface area contributed by atoms with Gasteiger partial charge in [-0.3, -0.25) is 4.79 Å². The van der Waals surface area contributed by atoms with Gasteiger partial charge in [-0.1, -0.05) is 39.0 Å².